The molecule has 0 saturated heterocycles. The first-order chi connectivity index (χ1) is 11.8. The van der Waals surface area contributed by atoms with Gasteiger partial charge in [-0.2, -0.15) is 0 Å². The van der Waals surface area contributed by atoms with Crippen LogP contribution in [0.3, 0.4) is 0 Å². The predicted molar refractivity (Wildman–Crippen MR) is 95.3 cm³/mol. The second-order valence-electron chi connectivity index (χ2n) is 5.33. The summed E-state index contributed by atoms with van der Waals surface area (Å²) in [7, 11) is 1.65. The van der Waals surface area contributed by atoms with Crippen molar-refractivity contribution in [3.63, 3.8) is 0 Å². The zero-order valence-electron chi connectivity index (χ0n) is 13.6. The molecule has 4 heteroatoms. The van der Waals surface area contributed by atoms with Crippen molar-refractivity contribution in [1.29, 1.82) is 0 Å². The summed E-state index contributed by atoms with van der Waals surface area (Å²) < 4.78 is 11.3. The Hall–Kier alpha value is -3.01. The highest BCUT2D eigenvalue weighted by atomic mass is 16.5. The van der Waals surface area contributed by atoms with Gasteiger partial charge < -0.3 is 14.8 Å². The van der Waals surface area contributed by atoms with E-state index in [1.165, 1.54) is 0 Å². The van der Waals surface area contributed by atoms with E-state index in [1.54, 1.807) is 13.3 Å². The van der Waals surface area contributed by atoms with Gasteiger partial charge in [0.2, 0.25) is 0 Å². The Morgan fingerprint density at radius 2 is 1.71 bits per heavy atom. The van der Waals surface area contributed by atoms with E-state index in [9.17, 15) is 0 Å². The zero-order chi connectivity index (χ0) is 16.6. The number of rotatable bonds is 7. The van der Waals surface area contributed by atoms with Crippen LogP contribution in [0, 0.1) is 0 Å². The number of nitrogens with zero attached hydrogens (tertiary/aromatic N) is 1. The molecule has 122 valence electrons. The van der Waals surface area contributed by atoms with Gasteiger partial charge in [0, 0.05) is 12.7 Å². The molecule has 3 rings (SSSR count). The molecule has 24 heavy (non-hydrogen) atoms. The summed E-state index contributed by atoms with van der Waals surface area (Å²) in [6.45, 7) is 1.19. The average molecular weight is 320 g/mol. The minimum absolute atomic E-state index is 0.517. The molecule has 0 aliphatic rings. The van der Waals surface area contributed by atoms with Crippen molar-refractivity contribution in [1.82, 2.24) is 4.98 Å². The van der Waals surface area contributed by atoms with Gasteiger partial charge in [0.15, 0.2) is 11.5 Å². The lowest BCUT2D eigenvalue weighted by molar-refractivity contribution is 0.284. The van der Waals surface area contributed by atoms with Gasteiger partial charge >= 0.3 is 0 Å². The molecule has 4 nitrogen and oxygen atoms in total. The second kappa shape index (κ2) is 8.02. The van der Waals surface area contributed by atoms with Gasteiger partial charge in [0.25, 0.3) is 0 Å². The van der Waals surface area contributed by atoms with E-state index in [-0.39, 0.29) is 0 Å². The largest absolute Gasteiger partial charge is 0.493 e. The first-order valence-electron chi connectivity index (χ1n) is 7.84. The number of methoxy groups -OCH3 is 1. The maximum atomic E-state index is 5.87. The van der Waals surface area contributed by atoms with Crippen molar-refractivity contribution in [2.75, 3.05) is 12.4 Å². The molecular formula is C20H20N2O2. The van der Waals surface area contributed by atoms with Crippen LogP contribution < -0.4 is 14.8 Å². The number of anilines is 1. The van der Waals surface area contributed by atoms with E-state index in [2.05, 4.69) is 10.3 Å². The van der Waals surface area contributed by atoms with Crippen LogP contribution in [0.15, 0.2) is 72.9 Å². The Labute approximate surface area is 142 Å². The zero-order valence-corrected chi connectivity index (χ0v) is 13.6. The lowest BCUT2D eigenvalue weighted by Crippen LogP contribution is -2.02. The van der Waals surface area contributed by atoms with Crippen molar-refractivity contribution in [2.24, 2.45) is 0 Å². The maximum absolute atomic E-state index is 5.87. The minimum atomic E-state index is 0.517. The molecule has 3 aromatic rings. The SMILES string of the molecule is COc1cc(CNc2ccccn2)ccc1OCc1ccccc1. The average Bonchev–Trinajstić information content (AvgIpc) is 2.66. The van der Waals surface area contributed by atoms with E-state index >= 15 is 0 Å². The molecule has 0 unspecified atom stereocenters. The fourth-order valence-corrected chi connectivity index (χ4v) is 2.34. The molecular weight excluding hydrogens is 300 g/mol. The summed E-state index contributed by atoms with van der Waals surface area (Å²) in [6, 6.07) is 21.8. The first-order valence-corrected chi connectivity index (χ1v) is 7.84. The fourth-order valence-electron chi connectivity index (χ4n) is 2.34. The topological polar surface area (TPSA) is 43.4 Å². The van der Waals surface area contributed by atoms with Crippen molar-refractivity contribution >= 4 is 5.82 Å². The van der Waals surface area contributed by atoms with E-state index in [0.717, 1.165) is 28.4 Å². The van der Waals surface area contributed by atoms with Crippen LogP contribution >= 0.6 is 0 Å². The van der Waals surface area contributed by atoms with Gasteiger partial charge in [-0.15, -0.1) is 0 Å². The Morgan fingerprint density at radius 3 is 2.46 bits per heavy atom. The molecule has 2 aromatic carbocycles. The number of nitrogens with one attached hydrogen (secondary N) is 1. The van der Waals surface area contributed by atoms with Crippen LogP contribution in [0.5, 0.6) is 11.5 Å². The van der Waals surface area contributed by atoms with Crippen molar-refractivity contribution in [3.8, 4) is 11.5 Å². The van der Waals surface area contributed by atoms with Crippen LogP contribution in [0.1, 0.15) is 11.1 Å². The summed E-state index contributed by atoms with van der Waals surface area (Å²) in [5, 5.41) is 3.28. The molecule has 1 N–H and O–H groups in total. The molecule has 0 bridgehead atoms. The molecule has 0 aliphatic carbocycles. The van der Waals surface area contributed by atoms with Crippen molar-refractivity contribution in [3.05, 3.63) is 84.1 Å². The maximum Gasteiger partial charge on any atom is 0.161 e. The molecule has 0 radical (unpaired) electrons. The summed E-state index contributed by atoms with van der Waals surface area (Å²) >= 11 is 0. The summed E-state index contributed by atoms with van der Waals surface area (Å²) in [5.41, 5.74) is 2.23. The molecule has 1 heterocycles. The lowest BCUT2D eigenvalue weighted by atomic mass is 10.2. The van der Waals surface area contributed by atoms with Crippen LogP contribution in [-0.2, 0) is 13.2 Å². The highest BCUT2D eigenvalue weighted by Gasteiger charge is 2.06. The third-order valence-electron chi connectivity index (χ3n) is 3.60. The fraction of sp³-hybridized carbons (Fsp3) is 0.150. The summed E-state index contributed by atoms with van der Waals surface area (Å²) in [6.07, 6.45) is 1.77. The number of pyridine rings is 1. The molecule has 1 aromatic heterocycles. The van der Waals surface area contributed by atoms with Gasteiger partial charge in [-0.25, -0.2) is 4.98 Å². The van der Waals surface area contributed by atoms with Crippen molar-refractivity contribution in [2.45, 2.75) is 13.2 Å². The minimum Gasteiger partial charge on any atom is -0.493 e. The molecule has 0 fully saturated rings. The van der Waals surface area contributed by atoms with Gasteiger partial charge in [-0.05, 0) is 35.4 Å². The van der Waals surface area contributed by atoms with Gasteiger partial charge in [0.05, 0.1) is 7.11 Å². The second-order valence-corrected chi connectivity index (χ2v) is 5.33. The number of hydrogen-bond donors (Lipinski definition) is 1. The monoisotopic (exact) mass is 320 g/mol. The smallest absolute Gasteiger partial charge is 0.161 e. The van der Waals surface area contributed by atoms with Gasteiger partial charge in [-0.3, -0.25) is 0 Å². The first kappa shape index (κ1) is 15.9. The quantitative estimate of drug-likeness (QED) is 0.705. The highest BCUT2D eigenvalue weighted by molar-refractivity contribution is 5.44. The normalized spacial score (nSPS) is 10.2. The van der Waals surface area contributed by atoms with E-state index < -0.39 is 0 Å². The number of ether oxygens (including phenoxy) is 2. The van der Waals surface area contributed by atoms with E-state index in [0.29, 0.717) is 13.2 Å². The molecule has 0 saturated carbocycles. The van der Waals surface area contributed by atoms with E-state index in [4.69, 9.17) is 9.47 Å². The number of hydrogen-bond acceptors (Lipinski definition) is 4. The Morgan fingerprint density at radius 1 is 0.875 bits per heavy atom. The number of aromatic nitrogens is 1. The summed E-state index contributed by atoms with van der Waals surface area (Å²) in [5.74, 6) is 2.31. The third-order valence-corrected chi connectivity index (χ3v) is 3.60. The van der Waals surface area contributed by atoms with E-state index in [1.807, 2.05) is 66.7 Å². The molecule has 0 spiro atoms. The van der Waals surface area contributed by atoms with Crippen LogP contribution in [0.25, 0.3) is 0 Å². The highest BCUT2D eigenvalue weighted by Crippen LogP contribution is 2.29. The lowest BCUT2D eigenvalue weighted by Gasteiger charge is -2.13. The Bertz CT molecular complexity index is 761. The van der Waals surface area contributed by atoms with Gasteiger partial charge in [0.1, 0.15) is 12.4 Å². The molecule has 0 amide bonds. The van der Waals surface area contributed by atoms with Crippen molar-refractivity contribution < 1.29 is 9.47 Å². The Balaban J connectivity index is 1.64. The Kier molecular flexibility index (Phi) is 5.30. The standard InChI is InChI=1S/C20H20N2O2/c1-23-19-13-17(14-22-20-9-5-6-12-21-20)10-11-18(19)24-15-16-7-3-2-4-8-16/h2-13H,14-15H2,1H3,(H,21,22). The van der Waals surface area contributed by atoms with Crippen LogP contribution in [-0.4, -0.2) is 12.1 Å². The molecule has 0 aliphatic heterocycles. The number of benzene rings is 2. The predicted octanol–water partition coefficient (Wildman–Crippen LogP) is 4.28. The summed E-state index contributed by atoms with van der Waals surface area (Å²) in [4.78, 5) is 4.25. The van der Waals surface area contributed by atoms with Gasteiger partial charge in [-0.1, -0.05) is 42.5 Å². The molecule has 0 atom stereocenters. The third kappa shape index (κ3) is 4.26. The van der Waals surface area contributed by atoms with Crippen LogP contribution in [0.2, 0.25) is 0 Å². The van der Waals surface area contributed by atoms with Crippen LogP contribution in [0.4, 0.5) is 5.82 Å².